The minimum Gasteiger partial charge on any atom is -0.375 e. The third-order valence-electron chi connectivity index (χ3n) is 4.87. The SMILES string of the molecule is Cc1ccccc1C(N)CN1CCOC2CCCCC21. The minimum absolute atomic E-state index is 0.108. The van der Waals surface area contributed by atoms with Crippen LogP contribution in [0, 0.1) is 6.92 Å². The molecule has 1 saturated carbocycles. The molecule has 3 rings (SSSR count). The van der Waals surface area contributed by atoms with E-state index in [0.717, 1.165) is 19.7 Å². The lowest BCUT2D eigenvalue weighted by Gasteiger charge is -2.44. The standard InChI is InChI=1S/C17H26N2O/c1-13-6-2-3-7-14(13)15(18)12-19-10-11-20-17-9-5-4-8-16(17)19/h2-3,6-7,15-17H,4-5,8-12,18H2,1H3. The highest BCUT2D eigenvalue weighted by Crippen LogP contribution is 2.29. The summed E-state index contributed by atoms with van der Waals surface area (Å²) in [5.74, 6) is 0. The molecule has 3 nitrogen and oxygen atoms in total. The minimum atomic E-state index is 0.108. The molecule has 3 unspecified atom stereocenters. The number of rotatable bonds is 3. The number of nitrogens with zero attached hydrogens (tertiary/aromatic N) is 1. The molecule has 3 atom stereocenters. The number of fused-ring (bicyclic) bond motifs is 1. The van der Waals surface area contributed by atoms with E-state index in [0.29, 0.717) is 12.1 Å². The molecule has 0 spiro atoms. The summed E-state index contributed by atoms with van der Waals surface area (Å²) in [5, 5.41) is 0. The molecule has 1 aliphatic heterocycles. The number of hydrogen-bond acceptors (Lipinski definition) is 3. The zero-order valence-corrected chi connectivity index (χ0v) is 12.4. The highest BCUT2D eigenvalue weighted by molar-refractivity contribution is 5.28. The highest BCUT2D eigenvalue weighted by atomic mass is 16.5. The maximum Gasteiger partial charge on any atom is 0.0730 e. The van der Waals surface area contributed by atoms with Crippen molar-refractivity contribution >= 4 is 0 Å². The lowest BCUT2D eigenvalue weighted by Crippen LogP contribution is -2.54. The zero-order chi connectivity index (χ0) is 13.9. The fourth-order valence-electron chi connectivity index (χ4n) is 3.76. The molecule has 3 heteroatoms. The summed E-state index contributed by atoms with van der Waals surface area (Å²) in [6.45, 7) is 5.00. The molecule has 2 aliphatic rings. The van der Waals surface area contributed by atoms with Crippen LogP contribution >= 0.6 is 0 Å². The van der Waals surface area contributed by atoms with Gasteiger partial charge in [0, 0.05) is 25.2 Å². The number of aryl methyl sites for hydroxylation is 1. The van der Waals surface area contributed by atoms with Crippen molar-refractivity contribution in [3.63, 3.8) is 0 Å². The molecule has 20 heavy (non-hydrogen) atoms. The van der Waals surface area contributed by atoms with E-state index in [-0.39, 0.29) is 6.04 Å². The first-order valence-electron chi connectivity index (χ1n) is 7.92. The van der Waals surface area contributed by atoms with E-state index in [1.807, 2.05) is 0 Å². The van der Waals surface area contributed by atoms with Gasteiger partial charge in [0.1, 0.15) is 0 Å². The van der Waals surface area contributed by atoms with Gasteiger partial charge in [-0.3, -0.25) is 4.90 Å². The predicted molar refractivity (Wildman–Crippen MR) is 81.7 cm³/mol. The summed E-state index contributed by atoms with van der Waals surface area (Å²) >= 11 is 0. The van der Waals surface area contributed by atoms with Gasteiger partial charge in [-0.05, 0) is 30.9 Å². The average molecular weight is 274 g/mol. The van der Waals surface area contributed by atoms with Crippen LogP contribution in [-0.4, -0.2) is 36.7 Å². The Kier molecular flexibility index (Phi) is 4.39. The van der Waals surface area contributed by atoms with Gasteiger partial charge in [0.2, 0.25) is 0 Å². The monoisotopic (exact) mass is 274 g/mol. The Hall–Kier alpha value is -0.900. The summed E-state index contributed by atoms with van der Waals surface area (Å²) in [6, 6.07) is 9.18. The van der Waals surface area contributed by atoms with E-state index in [1.165, 1.54) is 36.8 Å². The second-order valence-corrected chi connectivity index (χ2v) is 6.22. The van der Waals surface area contributed by atoms with Crippen molar-refractivity contribution in [3.8, 4) is 0 Å². The van der Waals surface area contributed by atoms with Crippen LogP contribution < -0.4 is 5.73 Å². The van der Waals surface area contributed by atoms with Crippen LogP contribution in [0.1, 0.15) is 42.9 Å². The van der Waals surface area contributed by atoms with Crippen LogP contribution in [0.5, 0.6) is 0 Å². The van der Waals surface area contributed by atoms with Gasteiger partial charge < -0.3 is 10.5 Å². The topological polar surface area (TPSA) is 38.5 Å². The van der Waals surface area contributed by atoms with Crippen molar-refractivity contribution in [3.05, 3.63) is 35.4 Å². The molecule has 2 fully saturated rings. The van der Waals surface area contributed by atoms with Crippen molar-refractivity contribution in [2.24, 2.45) is 5.73 Å². The third-order valence-corrected chi connectivity index (χ3v) is 4.87. The predicted octanol–water partition coefficient (Wildman–Crippen LogP) is 2.64. The van der Waals surface area contributed by atoms with Crippen molar-refractivity contribution in [2.75, 3.05) is 19.7 Å². The van der Waals surface area contributed by atoms with Crippen LogP contribution in [0.4, 0.5) is 0 Å². The first kappa shape index (κ1) is 14.1. The van der Waals surface area contributed by atoms with Gasteiger partial charge in [-0.2, -0.15) is 0 Å². The molecule has 1 aromatic rings. The Labute approximate surface area is 122 Å². The first-order chi connectivity index (χ1) is 9.75. The van der Waals surface area contributed by atoms with Gasteiger partial charge in [0.15, 0.2) is 0 Å². The average Bonchev–Trinajstić information content (AvgIpc) is 2.48. The molecular weight excluding hydrogens is 248 g/mol. The maximum atomic E-state index is 6.47. The molecule has 1 saturated heterocycles. The highest BCUT2D eigenvalue weighted by Gasteiger charge is 2.34. The van der Waals surface area contributed by atoms with Crippen LogP contribution in [0.3, 0.4) is 0 Å². The maximum absolute atomic E-state index is 6.47. The molecule has 2 N–H and O–H groups in total. The first-order valence-corrected chi connectivity index (χ1v) is 7.92. The van der Waals surface area contributed by atoms with Crippen molar-refractivity contribution in [1.29, 1.82) is 0 Å². The van der Waals surface area contributed by atoms with Gasteiger partial charge in [-0.1, -0.05) is 37.1 Å². The Bertz CT molecular complexity index is 446. The number of benzene rings is 1. The fraction of sp³-hybridized carbons (Fsp3) is 0.647. The molecule has 0 radical (unpaired) electrons. The van der Waals surface area contributed by atoms with Gasteiger partial charge >= 0.3 is 0 Å². The van der Waals surface area contributed by atoms with Crippen LogP contribution in [0.2, 0.25) is 0 Å². The molecular formula is C17H26N2O. The Morgan fingerprint density at radius 3 is 2.95 bits per heavy atom. The molecule has 1 heterocycles. The molecule has 1 aliphatic carbocycles. The summed E-state index contributed by atoms with van der Waals surface area (Å²) in [6.07, 6.45) is 5.59. The normalized spacial score (nSPS) is 28.9. The largest absolute Gasteiger partial charge is 0.375 e. The molecule has 0 bridgehead atoms. The van der Waals surface area contributed by atoms with E-state index in [1.54, 1.807) is 0 Å². The zero-order valence-electron chi connectivity index (χ0n) is 12.4. The Balaban J connectivity index is 1.68. The third kappa shape index (κ3) is 2.90. The van der Waals surface area contributed by atoms with E-state index >= 15 is 0 Å². The summed E-state index contributed by atoms with van der Waals surface area (Å²) in [5.41, 5.74) is 9.05. The summed E-state index contributed by atoms with van der Waals surface area (Å²) in [7, 11) is 0. The quantitative estimate of drug-likeness (QED) is 0.921. The number of morpholine rings is 1. The van der Waals surface area contributed by atoms with Crippen molar-refractivity contribution in [2.45, 2.75) is 50.8 Å². The smallest absolute Gasteiger partial charge is 0.0730 e. The Morgan fingerprint density at radius 1 is 1.30 bits per heavy atom. The molecule has 110 valence electrons. The number of nitrogens with two attached hydrogens (primary N) is 1. The van der Waals surface area contributed by atoms with E-state index in [4.69, 9.17) is 10.5 Å². The lowest BCUT2D eigenvalue weighted by molar-refractivity contribution is -0.0894. The van der Waals surface area contributed by atoms with E-state index < -0.39 is 0 Å². The molecule has 1 aromatic carbocycles. The second kappa shape index (κ2) is 6.25. The molecule has 0 amide bonds. The van der Waals surface area contributed by atoms with Crippen LogP contribution in [-0.2, 0) is 4.74 Å². The Morgan fingerprint density at radius 2 is 2.10 bits per heavy atom. The van der Waals surface area contributed by atoms with Gasteiger partial charge in [0.25, 0.3) is 0 Å². The van der Waals surface area contributed by atoms with E-state index in [2.05, 4.69) is 36.1 Å². The van der Waals surface area contributed by atoms with Gasteiger partial charge in [-0.25, -0.2) is 0 Å². The number of hydrogen-bond donors (Lipinski definition) is 1. The second-order valence-electron chi connectivity index (χ2n) is 6.22. The summed E-state index contributed by atoms with van der Waals surface area (Å²) in [4.78, 5) is 2.57. The number of ether oxygens (including phenoxy) is 1. The van der Waals surface area contributed by atoms with Crippen molar-refractivity contribution < 1.29 is 4.74 Å². The summed E-state index contributed by atoms with van der Waals surface area (Å²) < 4.78 is 5.94. The van der Waals surface area contributed by atoms with Crippen molar-refractivity contribution in [1.82, 2.24) is 4.90 Å². The van der Waals surface area contributed by atoms with Crippen LogP contribution in [0.15, 0.2) is 24.3 Å². The van der Waals surface area contributed by atoms with Crippen LogP contribution in [0.25, 0.3) is 0 Å². The molecule has 0 aromatic heterocycles. The van der Waals surface area contributed by atoms with Gasteiger partial charge in [-0.15, -0.1) is 0 Å². The fourth-order valence-corrected chi connectivity index (χ4v) is 3.76. The lowest BCUT2D eigenvalue weighted by atomic mass is 9.89. The van der Waals surface area contributed by atoms with Gasteiger partial charge in [0.05, 0.1) is 12.7 Å². The van der Waals surface area contributed by atoms with E-state index in [9.17, 15) is 0 Å².